The van der Waals surface area contributed by atoms with Crippen LogP contribution in [0.15, 0.2) is 12.3 Å². The van der Waals surface area contributed by atoms with Crippen molar-refractivity contribution in [1.82, 2.24) is 20.2 Å². The number of nitrogens with one attached hydrogen (secondary N) is 2. The summed E-state index contributed by atoms with van der Waals surface area (Å²) in [6.45, 7) is 6.47. The van der Waals surface area contributed by atoms with E-state index in [0.29, 0.717) is 11.3 Å². The zero-order valence-corrected chi connectivity index (χ0v) is 21.2. The van der Waals surface area contributed by atoms with Crippen LogP contribution >= 0.6 is 11.3 Å². The SMILES string of the molecule is CC(C)Nc1cc(C(F)(F)F)c(-c2sc(C(=O)NCC(C)(C)O)nc2C(=O)N2CCC(F)CC2)cn1. The van der Waals surface area contributed by atoms with Crippen LogP contribution in [0.4, 0.5) is 23.4 Å². The van der Waals surface area contributed by atoms with E-state index in [1.807, 2.05) is 0 Å². The Balaban J connectivity index is 2.10. The lowest BCUT2D eigenvalue weighted by Crippen LogP contribution is -2.39. The fourth-order valence-electron chi connectivity index (χ4n) is 3.56. The first-order chi connectivity index (χ1) is 16.7. The van der Waals surface area contributed by atoms with E-state index in [9.17, 15) is 32.3 Å². The molecule has 3 rings (SSSR count). The quantitative estimate of drug-likeness (QED) is 0.464. The van der Waals surface area contributed by atoms with E-state index in [2.05, 4.69) is 20.6 Å². The third-order valence-electron chi connectivity index (χ3n) is 5.31. The second-order valence-corrected chi connectivity index (χ2v) is 10.6. The molecule has 198 valence electrons. The molecule has 0 aliphatic carbocycles. The number of thiazole rings is 1. The van der Waals surface area contributed by atoms with Gasteiger partial charge in [-0.05, 0) is 46.6 Å². The van der Waals surface area contributed by atoms with E-state index < -0.39 is 35.3 Å². The van der Waals surface area contributed by atoms with Crippen molar-refractivity contribution in [3.05, 3.63) is 28.5 Å². The number of hydrogen-bond acceptors (Lipinski definition) is 7. The number of likely N-dealkylation sites (tertiary alicyclic amines) is 1. The Morgan fingerprint density at radius 1 is 1.25 bits per heavy atom. The number of amides is 2. The van der Waals surface area contributed by atoms with Gasteiger partial charge in [-0.25, -0.2) is 14.4 Å². The monoisotopic (exact) mass is 531 g/mol. The number of hydrogen-bond donors (Lipinski definition) is 3. The van der Waals surface area contributed by atoms with E-state index in [-0.39, 0.29) is 65.5 Å². The van der Waals surface area contributed by atoms with Crippen molar-refractivity contribution in [3.63, 3.8) is 0 Å². The highest BCUT2D eigenvalue weighted by Crippen LogP contribution is 2.41. The Labute approximate surface area is 210 Å². The van der Waals surface area contributed by atoms with Crippen LogP contribution in [0.5, 0.6) is 0 Å². The van der Waals surface area contributed by atoms with E-state index in [1.54, 1.807) is 13.8 Å². The molecular formula is C23H29F4N5O3S. The van der Waals surface area contributed by atoms with Crippen molar-refractivity contribution in [2.24, 2.45) is 0 Å². The van der Waals surface area contributed by atoms with Gasteiger partial charge in [-0.3, -0.25) is 9.59 Å². The van der Waals surface area contributed by atoms with E-state index >= 15 is 0 Å². The number of halogens is 4. The van der Waals surface area contributed by atoms with Gasteiger partial charge in [0.15, 0.2) is 5.01 Å². The predicted molar refractivity (Wildman–Crippen MR) is 128 cm³/mol. The molecule has 0 radical (unpaired) electrons. The van der Waals surface area contributed by atoms with Gasteiger partial charge in [-0.15, -0.1) is 11.3 Å². The number of pyridine rings is 1. The summed E-state index contributed by atoms with van der Waals surface area (Å²) in [5.41, 5.74) is -3.00. The summed E-state index contributed by atoms with van der Waals surface area (Å²) in [5.74, 6) is -1.43. The number of carbonyl (C=O) groups is 2. The molecule has 3 N–H and O–H groups in total. The largest absolute Gasteiger partial charge is 0.417 e. The van der Waals surface area contributed by atoms with Crippen LogP contribution in [-0.2, 0) is 6.18 Å². The Bertz CT molecular complexity index is 1110. The number of aromatic nitrogens is 2. The summed E-state index contributed by atoms with van der Waals surface area (Å²) in [6.07, 6.45) is -4.63. The lowest BCUT2D eigenvalue weighted by molar-refractivity contribution is -0.137. The molecule has 8 nitrogen and oxygen atoms in total. The Morgan fingerprint density at radius 2 is 1.89 bits per heavy atom. The summed E-state index contributed by atoms with van der Waals surface area (Å²) in [5, 5.41) is 14.9. The van der Waals surface area contributed by atoms with Crippen molar-refractivity contribution in [3.8, 4) is 10.4 Å². The molecule has 0 saturated carbocycles. The Hall–Kier alpha value is -2.80. The van der Waals surface area contributed by atoms with Gasteiger partial charge in [0.1, 0.15) is 17.7 Å². The van der Waals surface area contributed by atoms with Gasteiger partial charge in [0.25, 0.3) is 11.8 Å². The molecule has 1 aliphatic rings. The average molecular weight is 532 g/mol. The standard InChI is InChI=1S/C23H29F4N5O3S/c1-12(2)30-16-9-15(23(25,26)27)14(10-28-16)18-17(21(34)32-7-5-13(24)6-8-32)31-20(36-18)19(33)29-11-22(3,4)35/h9-10,12-13,35H,5-8,11H2,1-4H3,(H,28,30)(H,29,33). The smallest absolute Gasteiger partial charge is 0.389 e. The van der Waals surface area contributed by atoms with Crippen molar-refractivity contribution in [2.45, 2.75) is 64.5 Å². The minimum Gasteiger partial charge on any atom is -0.389 e. The molecule has 0 spiro atoms. The molecule has 0 aromatic carbocycles. The molecule has 36 heavy (non-hydrogen) atoms. The number of alkyl halides is 4. The summed E-state index contributed by atoms with van der Waals surface area (Å²) in [6, 6.07) is 0.681. The second-order valence-electron chi connectivity index (χ2n) is 9.57. The molecule has 1 fully saturated rings. The van der Waals surface area contributed by atoms with Crippen molar-refractivity contribution >= 4 is 29.0 Å². The molecule has 2 amide bonds. The number of aliphatic hydroxyl groups is 1. The van der Waals surface area contributed by atoms with Crippen LogP contribution in [0, 0.1) is 0 Å². The maximum Gasteiger partial charge on any atom is 0.417 e. The van der Waals surface area contributed by atoms with Crippen molar-refractivity contribution in [2.75, 3.05) is 25.0 Å². The van der Waals surface area contributed by atoms with Gasteiger partial charge in [-0.1, -0.05) is 0 Å². The molecule has 0 bridgehead atoms. The lowest BCUT2D eigenvalue weighted by Gasteiger charge is -2.28. The van der Waals surface area contributed by atoms with Crippen molar-refractivity contribution in [1.29, 1.82) is 0 Å². The van der Waals surface area contributed by atoms with Gasteiger partial charge in [0.05, 0.1) is 16.0 Å². The van der Waals surface area contributed by atoms with Gasteiger partial charge in [0, 0.05) is 37.4 Å². The van der Waals surface area contributed by atoms with Crippen LogP contribution in [0.25, 0.3) is 10.4 Å². The first-order valence-electron chi connectivity index (χ1n) is 11.4. The van der Waals surface area contributed by atoms with E-state index in [1.165, 1.54) is 18.7 Å². The van der Waals surface area contributed by atoms with Crippen LogP contribution in [0.1, 0.15) is 66.4 Å². The molecule has 0 unspecified atom stereocenters. The normalized spacial score (nSPS) is 15.3. The summed E-state index contributed by atoms with van der Waals surface area (Å²) in [4.78, 5) is 35.3. The average Bonchev–Trinajstić information content (AvgIpc) is 3.21. The third-order valence-corrected chi connectivity index (χ3v) is 6.40. The molecule has 2 aromatic rings. The van der Waals surface area contributed by atoms with Gasteiger partial charge >= 0.3 is 6.18 Å². The van der Waals surface area contributed by atoms with Crippen LogP contribution in [0.3, 0.4) is 0 Å². The van der Waals surface area contributed by atoms with Gasteiger partial charge < -0.3 is 20.6 Å². The highest BCUT2D eigenvalue weighted by Gasteiger charge is 2.38. The molecule has 13 heteroatoms. The van der Waals surface area contributed by atoms with Crippen LogP contribution in [0.2, 0.25) is 0 Å². The minimum absolute atomic E-state index is 0.00614. The topological polar surface area (TPSA) is 107 Å². The molecule has 2 aromatic heterocycles. The molecule has 0 atom stereocenters. The van der Waals surface area contributed by atoms with Crippen LogP contribution < -0.4 is 10.6 Å². The summed E-state index contributed by atoms with van der Waals surface area (Å²) >= 11 is 0.627. The fourth-order valence-corrected chi connectivity index (χ4v) is 4.56. The number of carbonyl (C=O) groups excluding carboxylic acids is 2. The number of piperidine rings is 1. The molecule has 1 saturated heterocycles. The van der Waals surface area contributed by atoms with E-state index in [0.717, 1.165) is 12.3 Å². The number of nitrogens with zero attached hydrogens (tertiary/aromatic N) is 3. The molecular weight excluding hydrogens is 502 g/mol. The number of rotatable bonds is 7. The zero-order valence-electron chi connectivity index (χ0n) is 20.4. The minimum atomic E-state index is -4.79. The zero-order chi connectivity index (χ0) is 26.8. The van der Waals surface area contributed by atoms with Gasteiger partial charge in [-0.2, -0.15) is 13.2 Å². The van der Waals surface area contributed by atoms with Gasteiger partial charge in [0.2, 0.25) is 0 Å². The third kappa shape index (κ3) is 6.90. The fraction of sp³-hybridized carbons (Fsp3) is 0.565. The maximum absolute atomic E-state index is 14.1. The van der Waals surface area contributed by atoms with E-state index in [4.69, 9.17) is 0 Å². The summed E-state index contributed by atoms with van der Waals surface area (Å²) in [7, 11) is 0. The highest BCUT2D eigenvalue weighted by molar-refractivity contribution is 7.17. The molecule has 3 heterocycles. The first-order valence-corrected chi connectivity index (χ1v) is 12.3. The Kier molecular flexibility index (Phi) is 8.23. The maximum atomic E-state index is 14.1. The first kappa shape index (κ1) is 27.8. The summed E-state index contributed by atoms with van der Waals surface area (Å²) < 4.78 is 55.9. The Morgan fingerprint density at radius 3 is 2.44 bits per heavy atom. The second kappa shape index (κ2) is 10.7. The van der Waals surface area contributed by atoms with Crippen LogP contribution in [-0.4, -0.2) is 69.2 Å². The highest BCUT2D eigenvalue weighted by atomic mass is 32.1. The predicted octanol–water partition coefficient (Wildman–Crippen LogP) is 4.12. The molecule has 1 aliphatic heterocycles. The lowest BCUT2D eigenvalue weighted by atomic mass is 10.0. The number of anilines is 1. The van der Waals surface area contributed by atoms with Crippen molar-refractivity contribution < 1.29 is 32.3 Å².